The van der Waals surface area contributed by atoms with Crippen LogP contribution in [0.2, 0.25) is 0 Å². The molecular weight excluding hydrogens is 410 g/mol. The number of hydrogen-bond donors (Lipinski definition) is 0. The van der Waals surface area contributed by atoms with Gasteiger partial charge in [-0.25, -0.2) is 14.8 Å². The van der Waals surface area contributed by atoms with Gasteiger partial charge in [0.15, 0.2) is 0 Å². The van der Waals surface area contributed by atoms with Crippen molar-refractivity contribution in [2.24, 2.45) is 11.8 Å². The summed E-state index contributed by atoms with van der Waals surface area (Å²) in [5, 5.41) is 1.09. The largest absolute Gasteiger partial charge is 0.340 e. The highest BCUT2D eigenvalue weighted by Gasteiger charge is 2.43. The summed E-state index contributed by atoms with van der Waals surface area (Å²) in [5.41, 5.74) is 4.96. The summed E-state index contributed by atoms with van der Waals surface area (Å²) in [4.78, 5) is 27.5. The number of rotatable bonds is 2. The number of fused-ring (bicyclic) bond motifs is 2. The van der Waals surface area contributed by atoms with Gasteiger partial charge in [0.2, 0.25) is 5.95 Å². The van der Waals surface area contributed by atoms with E-state index >= 15 is 0 Å². The van der Waals surface area contributed by atoms with Gasteiger partial charge in [-0.3, -0.25) is 4.57 Å². The Hall–Kier alpha value is -3.67. The molecule has 6 nitrogen and oxygen atoms in total. The van der Waals surface area contributed by atoms with E-state index < -0.39 is 0 Å². The number of carbonyl (C=O) groups is 1. The average Bonchev–Trinajstić information content (AvgIpc) is 3.50. The number of hydrogen-bond acceptors (Lipinski definition) is 4. The molecule has 0 spiro atoms. The second-order valence-corrected chi connectivity index (χ2v) is 9.35. The van der Waals surface area contributed by atoms with Crippen LogP contribution in [0.3, 0.4) is 0 Å². The Bertz CT molecular complexity index is 1310. The molecule has 2 atom stereocenters. The SMILES string of the molecule is Cc1cc(C)nc(N2C[C@H]3CN(C(=O)n4c(-c5ccccc5)cc5ccccc54)C[C@H]3C2)n1. The predicted octanol–water partition coefficient (Wildman–Crippen LogP) is 4.75. The van der Waals surface area contributed by atoms with E-state index in [0.29, 0.717) is 11.8 Å². The highest BCUT2D eigenvalue weighted by atomic mass is 16.2. The monoisotopic (exact) mass is 437 g/mol. The van der Waals surface area contributed by atoms with Crippen molar-refractivity contribution in [1.82, 2.24) is 19.4 Å². The lowest BCUT2D eigenvalue weighted by Gasteiger charge is -2.23. The van der Waals surface area contributed by atoms with Crippen LogP contribution in [-0.4, -0.2) is 51.6 Å². The molecule has 4 aromatic rings. The molecule has 2 saturated heterocycles. The molecule has 0 unspecified atom stereocenters. The maximum Gasteiger partial charge on any atom is 0.329 e. The molecule has 2 aromatic carbocycles. The molecule has 6 heteroatoms. The van der Waals surface area contributed by atoms with Gasteiger partial charge in [0.25, 0.3) is 0 Å². The topological polar surface area (TPSA) is 54.3 Å². The standard InChI is InChI=1S/C27H27N5O/c1-18-12-19(2)29-26(28-18)30-14-22-16-31(17-23(22)15-30)27(33)32-24-11-7-6-10-21(24)13-25(32)20-8-4-3-5-9-20/h3-13,22-23H,14-17H2,1-2H3/t22-,23+. The number of benzene rings is 2. The molecule has 166 valence electrons. The van der Waals surface area contributed by atoms with Crippen LogP contribution >= 0.6 is 0 Å². The molecule has 2 aliphatic heterocycles. The van der Waals surface area contributed by atoms with E-state index in [1.165, 1.54) is 0 Å². The van der Waals surface area contributed by atoms with Crippen LogP contribution < -0.4 is 4.90 Å². The fourth-order valence-corrected chi connectivity index (χ4v) is 5.49. The average molecular weight is 438 g/mol. The number of amides is 1. The van der Waals surface area contributed by atoms with Gasteiger partial charge in [-0.2, -0.15) is 0 Å². The highest BCUT2D eigenvalue weighted by molar-refractivity contribution is 5.98. The molecule has 4 heterocycles. The maximum atomic E-state index is 13.8. The number of carbonyl (C=O) groups excluding carboxylic acids is 1. The van der Waals surface area contributed by atoms with E-state index in [1.807, 2.05) is 65.8 Å². The summed E-state index contributed by atoms with van der Waals surface area (Å²) in [6.07, 6.45) is 0. The Labute approximate surface area is 193 Å². The fraction of sp³-hybridized carbons (Fsp3) is 0.296. The zero-order valence-corrected chi connectivity index (χ0v) is 19.0. The molecule has 1 amide bonds. The van der Waals surface area contributed by atoms with Gasteiger partial charge < -0.3 is 9.80 Å². The molecule has 2 aliphatic rings. The van der Waals surface area contributed by atoms with Crippen LogP contribution in [0.1, 0.15) is 11.4 Å². The zero-order chi connectivity index (χ0) is 22.5. The van der Waals surface area contributed by atoms with E-state index in [-0.39, 0.29) is 6.03 Å². The number of likely N-dealkylation sites (tertiary alicyclic amines) is 1. The summed E-state index contributed by atoms with van der Waals surface area (Å²) < 4.78 is 1.90. The lowest BCUT2D eigenvalue weighted by atomic mass is 10.0. The van der Waals surface area contributed by atoms with Crippen molar-refractivity contribution in [3.8, 4) is 11.3 Å². The minimum atomic E-state index is 0.0682. The molecule has 0 radical (unpaired) electrons. The molecule has 0 saturated carbocycles. The first-order valence-corrected chi connectivity index (χ1v) is 11.6. The van der Waals surface area contributed by atoms with Crippen molar-refractivity contribution in [3.63, 3.8) is 0 Å². The van der Waals surface area contributed by atoms with Crippen molar-refractivity contribution >= 4 is 22.9 Å². The highest BCUT2D eigenvalue weighted by Crippen LogP contribution is 2.35. The van der Waals surface area contributed by atoms with Crippen molar-refractivity contribution < 1.29 is 4.79 Å². The Kier molecular flexibility index (Phi) is 4.68. The van der Waals surface area contributed by atoms with Gasteiger partial charge in [0.05, 0.1) is 11.2 Å². The second kappa shape index (κ2) is 7.73. The first kappa shape index (κ1) is 20.0. The van der Waals surface area contributed by atoms with Crippen molar-refractivity contribution in [2.45, 2.75) is 13.8 Å². The normalized spacial score (nSPS) is 19.9. The van der Waals surface area contributed by atoms with Crippen LogP contribution in [0.4, 0.5) is 10.7 Å². The Morgan fingerprint density at radius 3 is 2.15 bits per heavy atom. The fourth-order valence-electron chi connectivity index (χ4n) is 5.49. The predicted molar refractivity (Wildman–Crippen MR) is 130 cm³/mol. The van der Waals surface area contributed by atoms with Crippen LogP contribution in [0.25, 0.3) is 22.2 Å². The van der Waals surface area contributed by atoms with Gasteiger partial charge in [0, 0.05) is 54.8 Å². The summed E-state index contributed by atoms with van der Waals surface area (Å²) in [7, 11) is 0. The Balaban J connectivity index is 1.27. The molecule has 2 fully saturated rings. The van der Waals surface area contributed by atoms with Gasteiger partial charge in [-0.1, -0.05) is 48.5 Å². The second-order valence-electron chi connectivity index (χ2n) is 9.35. The van der Waals surface area contributed by atoms with Crippen molar-refractivity contribution in [1.29, 1.82) is 0 Å². The third-order valence-corrected chi connectivity index (χ3v) is 6.98. The van der Waals surface area contributed by atoms with Gasteiger partial charge >= 0.3 is 6.03 Å². The van der Waals surface area contributed by atoms with E-state index in [4.69, 9.17) is 0 Å². The van der Waals surface area contributed by atoms with Crippen LogP contribution in [0.5, 0.6) is 0 Å². The van der Waals surface area contributed by atoms with E-state index in [9.17, 15) is 4.79 Å². The van der Waals surface area contributed by atoms with E-state index in [1.54, 1.807) is 0 Å². The Morgan fingerprint density at radius 2 is 1.45 bits per heavy atom. The van der Waals surface area contributed by atoms with Crippen LogP contribution in [0, 0.1) is 25.7 Å². The maximum absolute atomic E-state index is 13.8. The summed E-state index contributed by atoms with van der Waals surface area (Å²) in [6.45, 7) is 7.37. The van der Waals surface area contributed by atoms with E-state index in [2.05, 4.69) is 39.1 Å². The summed E-state index contributed by atoms with van der Waals surface area (Å²) in [5.74, 6) is 1.71. The lowest BCUT2D eigenvalue weighted by Crippen LogP contribution is -2.36. The summed E-state index contributed by atoms with van der Waals surface area (Å²) in [6, 6.07) is 22.5. The molecule has 0 aliphatic carbocycles. The third-order valence-electron chi connectivity index (χ3n) is 6.98. The van der Waals surface area contributed by atoms with Crippen molar-refractivity contribution in [2.75, 3.05) is 31.1 Å². The Morgan fingerprint density at radius 1 is 0.818 bits per heavy atom. The van der Waals surface area contributed by atoms with Crippen LogP contribution in [0.15, 0.2) is 66.7 Å². The van der Waals surface area contributed by atoms with Gasteiger partial charge in [0.1, 0.15) is 0 Å². The molecule has 0 N–H and O–H groups in total. The first-order valence-electron chi connectivity index (χ1n) is 11.6. The first-order chi connectivity index (χ1) is 16.1. The lowest BCUT2D eigenvalue weighted by molar-refractivity contribution is 0.209. The minimum absolute atomic E-state index is 0.0682. The van der Waals surface area contributed by atoms with Crippen molar-refractivity contribution in [3.05, 3.63) is 78.1 Å². The minimum Gasteiger partial charge on any atom is -0.340 e. The number of para-hydroxylation sites is 1. The molecule has 0 bridgehead atoms. The number of anilines is 1. The number of aromatic nitrogens is 3. The molecule has 33 heavy (non-hydrogen) atoms. The zero-order valence-electron chi connectivity index (χ0n) is 19.0. The molecular formula is C27H27N5O. The van der Waals surface area contributed by atoms with Gasteiger partial charge in [-0.05, 0) is 37.6 Å². The smallest absolute Gasteiger partial charge is 0.329 e. The summed E-state index contributed by atoms with van der Waals surface area (Å²) >= 11 is 0. The van der Waals surface area contributed by atoms with Crippen LogP contribution in [-0.2, 0) is 0 Å². The number of nitrogens with zero attached hydrogens (tertiary/aromatic N) is 5. The quantitative estimate of drug-likeness (QED) is 0.454. The third kappa shape index (κ3) is 3.46. The number of aryl methyl sites for hydroxylation is 2. The molecule has 2 aromatic heterocycles. The van der Waals surface area contributed by atoms with Gasteiger partial charge in [-0.15, -0.1) is 0 Å². The molecule has 6 rings (SSSR count). The van der Waals surface area contributed by atoms with E-state index in [0.717, 1.165) is 65.7 Å².